The van der Waals surface area contributed by atoms with Gasteiger partial charge >= 0.3 is 0 Å². The molecule has 0 aliphatic heterocycles. The average molecular weight is 190 g/mol. The summed E-state index contributed by atoms with van der Waals surface area (Å²) in [7, 11) is -3.91. The fourth-order valence-electron chi connectivity index (χ4n) is 1.40. The van der Waals surface area contributed by atoms with Crippen molar-refractivity contribution in [2.75, 3.05) is 0 Å². The van der Waals surface area contributed by atoms with Crippen molar-refractivity contribution in [3.63, 3.8) is 0 Å². The van der Waals surface area contributed by atoms with Crippen molar-refractivity contribution in [3.05, 3.63) is 11.0 Å². The van der Waals surface area contributed by atoms with Crippen molar-refractivity contribution in [2.45, 2.75) is 32.6 Å². The molecule has 12 heavy (non-hydrogen) atoms. The molecule has 1 aliphatic carbocycles. The second-order valence-corrected chi connectivity index (χ2v) is 4.84. The molecule has 0 saturated carbocycles. The maximum atomic E-state index is 10.7. The van der Waals surface area contributed by atoms with E-state index in [9.17, 15) is 8.42 Å². The van der Waals surface area contributed by atoms with Gasteiger partial charge in [-0.1, -0.05) is 13.0 Å². The molecule has 0 amide bonds. The Morgan fingerprint density at radius 2 is 2.17 bits per heavy atom. The minimum Gasteiger partial charge on any atom is -0.282 e. The third-order valence-corrected chi connectivity index (χ3v) is 3.28. The summed E-state index contributed by atoms with van der Waals surface area (Å²) in [5.41, 5.74) is 0. The van der Waals surface area contributed by atoms with E-state index in [1.807, 2.05) is 0 Å². The highest BCUT2D eigenvalue weighted by atomic mass is 32.2. The highest BCUT2D eigenvalue weighted by Crippen LogP contribution is 2.24. The minimum absolute atomic E-state index is 0.201. The van der Waals surface area contributed by atoms with Crippen molar-refractivity contribution in [1.82, 2.24) is 0 Å². The summed E-state index contributed by atoms with van der Waals surface area (Å²) in [4.78, 5) is 0.201. The quantitative estimate of drug-likeness (QED) is 0.643. The summed E-state index contributed by atoms with van der Waals surface area (Å²) in [6, 6.07) is 0. The summed E-state index contributed by atoms with van der Waals surface area (Å²) in [5, 5.41) is 0. The lowest BCUT2D eigenvalue weighted by atomic mass is 10.0. The van der Waals surface area contributed by atoms with Gasteiger partial charge in [0.1, 0.15) is 0 Å². The van der Waals surface area contributed by atoms with Crippen LogP contribution in [-0.4, -0.2) is 13.0 Å². The Labute approximate surface area is 73.2 Å². The van der Waals surface area contributed by atoms with Crippen molar-refractivity contribution in [3.8, 4) is 0 Å². The van der Waals surface area contributed by atoms with Gasteiger partial charge < -0.3 is 0 Å². The van der Waals surface area contributed by atoms with Crippen LogP contribution in [0.1, 0.15) is 32.6 Å². The summed E-state index contributed by atoms with van der Waals surface area (Å²) in [6.07, 6.45) is 4.75. The van der Waals surface area contributed by atoms with Crippen LogP contribution < -0.4 is 0 Å². The normalized spacial score (nSPS) is 26.2. The van der Waals surface area contributed by atoms with Gasteiger partial charge in [-0.05, 0) is 31.6 Å². The summed E-state index contributed by atoms with van der Waals surface area (Å²) >= 11 is 0. The highest BCUT2D eigenvalue weighted by molar-refractivity contribution is 7.89. The summed E-state index contributed by atoms with van der Waals surface area (Å²) < 4.78 is 30.2. The van der Waals surface area contributed by atoms with Crippen LogP contribution in [0.3, 0.4) is 0 Å². The lowest BCUT2D eigenvalue weighted by Crippen LogP contribution is -2.01. The Balaban J connectivity index is 2.74. The molecule has 0 fully saturated rings. The molecule has 1 unspecified atom stereocenters. The molecule has 0 spiro atoms. The van der Waals surface area contributed by atoms with Gasteiger partial charge in [0.25, 0.3) is 10.1 Å². The average Bonchev–Trinajstić information content (AvgIpc) is 2.11. The van der Waals surface area contributed by atoms with E-state index >= 15 is 0 Å². The van der Waals surface area contributed by atoms with Crippen LogP contribution in [0.25, 0.3) is 0 Å². The lowest BCUT2D eigenvalue weighted by Gasteiger charge is -2.04. The zero-order valence-electron chi connectivity index (χ0n) is 7.16. The first kappa shape index (κ1) is 9.74. The zero-order chi connectivity index (χ0) is 9.19. The predicted molar refractivity (Wildman–Crippen MR) is 47.3 cm³/mol. The highest BCUT2D eigenvalue weighted by Gasteiger charge is 2.17. The molecule has 0 saturated heterocycles. The molecule has 0 aromatic rings. The van der Waals surface area contributed by atoms with Crippen LogP contribution in [0.2, 0.25) is 0 Å². The van der Waals surface area contributed by atoms with Crippen molar-refractivity contribution >= 4 is 10.1 Å². The Hall–Kier alpha value is -0.350. The fourth-order valence-corrected chi connectivity index (χ4v) is 2.10. The molecule has 1 aliphatic rings. The van der Waals surface area contributed by atoms with E-state index in [-0.39, 0.29) is 4.91 Å². The maximum absolute atomic E-state index is 10.7. The lowest BCUT2D eigenvalue weighted by molar-refractivity contribution is 0.483. The molecule has 0 aromatic heterocycles. The van der Waals surface area contributed by atoms with Crippen LogP contribution >= 0.6 is 0 Å². The van der Waals surface area contributed by atoms with E-state index in [1.165, 1.54) is 0 Å². The number of allylic oxidation sites excluding steroid dienone is 2. The molecule has 0 radical (unpaired) electrons. The Bertz CT molecular complexity index is 277. The van der Waals surface area contributed by atoms with Gasteiger partial charge in [-0.2, -0.15) is 8.42 Å². The van der Waals surface area contributed by atoms with Gasteiger partial charge in [0.15, 0.2) is 0 Å². The van der Waals surface area contributed by atoms with Gasteiger partial charge in [0.05, 0.1) is 4.91 Å². The minimum atomic E-state index is -3.91. The standard InChI is InChI=1S/C8H14O3S/c1-7-3-2-4-8(6-5-7)12(9,10)11/h4,7H,2-3,5-6H2,1H3,(H,9,10,11). The van der Waals surface area contributed by atoms with Crippen LogP contribution in [0.5, 0.6) is 0 Å². The third-order valence-electron chi connectivity index (χ3n) is 2.25. The van der Waals surface area contributed by atoms with Gasteiger partial charge in [-0.15, -0.1) is 0 Å². The van der Waals surface area contributed by atoms with E-state index < -0.39 is 10.1 Å². The molecule has 1 atom stereocenters. The molecule has 4 heteroatoms. The molecule has 1 rings (SSSR count). The summed E-state index contributed by atoms with van der Waals surface area (Å²) in [5.74, 6) is 0.556. The van der Waals surface area contributed by atoms with Gasteiger partial charge in [-0.3, -0.25) is 4.55 Å². The van der Waals surface area contributed by atoms with Crippen molar-refractivity contribution < 1.29 is 13.0 Å². The molecule has 0 bridgehead atoms. The summed E-state index contributed by atoms with van der Waals surface area (Å²) in [6.45, 7) is 2.10. The maximum Gasteiger partial charge on any atom is 0.290 e. The first-order valence-electron chi connectivity index (χ1n) is 4.16. The van der Waals surface area contributed by atoms with E-state index in [4.69, 9.17) is 4.55 Å². The van der Waals surface area contributed by atoms with Crippen LogP contribution in [0, 0.1) is 5.92 Å². The third kappa shape index (κ3) is 2.60. The molecule has 0 heterocycles. The monoisotopic (exact) mass is 190 g/mol. The Morgan fingerprint density at radius 1 is 1.50 bits per heavy atom. The zero-order valence-corrected chi connectivity index (χ0v) is 7.97. The fraction of sp³-hybridized carbons (Fsp3) is 0.750. The molecule has 1 N–H and O–H groups in total. The molecular weight excluding hydrogens is 176 g/mol. The predicted octanol–water partition coefficient (Wildman–Crippen LogP) is 1.97. The molecule has 3 nitrogen and oxygen atoms in total. The molecule has 70 valence electrons. The Morgan fingerprint density at radius 3 is 2.75 bits per heavy atom. The number of rotatable bonds is 1. The first-order chi connectivity index (χ1) is 5.50. The molecular formula is C8H14O3S. The smallest absolute Gasteiger partial charge is 0.282 e. The number of hydrogen-bond acceptors (Lipinski definition) is 2. The van der Waals surface area contributed by atoms with Crippen LogP contribution in [0.4, 0.5) is 0 Å². The topological polar surface area (TPSA) is 54.4 Å². The largest absolute Gasteiger partial charge is 0.290 e. The van der Waals surface area contributed by atoms with Crippen LogP contribution in [0.15, 0.2) is 11.0 Å². The first-order valence-corrected chi connectivity index (χ1v) is 5.60. The molecule has 0 aromatic carbocycles. The van der Waals surface area contributed by atoms with Gasteiger partial charge in [0.2, 0.25) is 0 Å². The van der Waals surface area contributed by atoms with Crippen molar-refractivity contribution in [2.24, 2.45) is 5.92 Å². The Kier molecular flexibility index (Phi) is 2.90. The second kappa shape index (κ2) is 3.58. The van der Waals surface area contributed by atoms with Crippen molar-refractivity contribution in [1.29, 1.82) is 0 Å². The number of hydrogen-bond donors (Lipinski definition) is 1. The van der Waals surface area contributed by atoms with Gasteiger partial charge in [-0.25, -0.2) is 0 Å². The second-order valence-electron chi connectivity index (χ2n) is 3.37. The van der Waals surface area contributed by atoms with E-state index in [0.29, 0.717) is 12.3 Å². The van der Waals surface area contributed by atoms with Gasteiger partial charge in [0, 0.05) is 0 Å². The van der Waals surface area contributed by atoms with Crippen LogP contribution in [-0.2, 0) is 10.1 Å². The van der Waals surface area contributed by atoms with E-state index in [0.717, 1.165) is 19.3 Å². The van der Waals surface area contributed by atoms with E-state index in [2.05, 4.69) is 6.92 Å². The van der Waals surface area contributed by atoms with E-state index in [1.54, 1.807) is 6.08 Å². The SMILES string of the molecule is CC1CCC=C(S(=O)(=O)O)CC1.